The summed E-state index contributed by atoms with van der Waals surface area (Å²) in [6, 6.07) is 1.43. The lowest BCUT2D eigenvalue weighted by atomic mass is 10.2. The van der Waals surface area contributed by atoms with E-state index in [0.29, 0.717) is 19.0 Å². The molecule has 0 atom stereocenters. The number of nitro groups is 1. The van der Waals surface area contributed by atoms with E-state index < -0.39 is 22.2 Å². The topological polar surface area (TPSA) is 73.0 Å². The summed E-state index contributed by atoms with van der Waals surface area (Å²) in [7, 11) is 0. The zero-order valence-corrected chi connectivity index (χ0v) is 11.1. The zero-order valence-electron chi connectivity index (χ0n) is 11.1. The van der Waals surface area contributed by atoms with Gasteiger partial charge < -0.3 is 9.88 Å². The number of hydrogen-bond acceptors (Lipinski definition) is 4. The van der Waals surface area contributed by atoms with Crippen molar-refractivity contribution in [1.82, 2.24) is 9.55 Å². The van der Waals surface area contributed by atoms with E-state index in [1.54, 1.807) is 12.5 Å². The van der Waals surface area contributed by atoms with Crippen molar-refractivity contribution in [3.05, 3.63) is 52.6 Å². The van der Waals surface area contributed by atoms with Crippen molar-refractivity contribution in [1.29, 1.82) is 0 Å². The normalized spacial score (nSPS) is 10.6. The third kappa shape index (κ3) is 3.98. The highest BCUT2D eigenvalue weighted by molar-refractivity contribution is 5.62. The molecule has 1 aromatic carbocycles. The van der Waals surface area contributed by atoms with Gasteiger partial charge >= 0.3 is 5.69 Å². The van der Waals surface area contributed by atoms with Crippen LogP contribution in [-0.4, -0.2) is 21.0 Å². The molecule has 8 heteroatoms. The Morgan fingerprint density at radius 1 is 1.33 bits per heavy atom. The van der Waals surface area contributed by atoms with Gasteiger partial charge in [0.15, 0.2) is 0 Å². The first-order valence-corrected chi connectivity index (χ1v) is 6.41. The zero-order chi connectivity index (χ0) is 15.2. The van der Waals surface area contributed by atoms with E-state index in [-0.39, 0.29) is 5.69 Å². The minimum absolute atomic E-state index is 0.139. The summed E-state index contributed by atoms with van der Waals surface area (Å²) in [5.41, 5.74) is -0.869. The van der Waals surface area contributed by atoms with Crippen molar-refractivity contribution in [2.24, 2.45) is 0 Å². The van der Waals surface area contributed by atoms with Crippen molar-refractivity contribution in [2.45, 2.75) is 19.4 Å². The van der Waals surface area contributed by atoms with Gasteiger partial charge in [0.1, 0.15) is 11.5 Å². The van der Waals surface area contributed by atoms with E-state index in [1.165, 1.54) is 0 Å². The molecule has 6 nitrogen and oxygen atoms in total. The van der Waals surface area contributed by atoms with E-state index >= 15 is 0 Å². The first-order chi connectivity index (χ1) is 10.1. The third-order valence-corrected chi connectivity index (χ3v) is 2.93. The predicted molar refractivity (Wildman–Crippen MR) is 73.0 cm³/mol. The van der Waals surface area contributed by atoms with Gasteiger partial charge in [-0.3, -0.25) is 10.1 Å². The third-order valence-electron chi connectivity index (χ3n) is 2.93. The number of benzene rings is 1. The van der Waals surface area contributed by atoms with Crippen molar-refractivity contribution < 1.29 is 13.7 Å². The quantitative estimate of drug-likeness (QED) is 0.484. The molecular weight excluding hydrogens is 282 g/mol. The molecule has 0 aliphatic rings. The van der Waals surface area contributed by atoms with Crippen LogP contribution in [0.5, 0.6) is 0 Å². The Hall–Kier alpha value is -2.51. The Morgan fingerprint density at radius 3 is 2.81 bits per heavy atom. The molecule has 0 aliphatic carbocycles. The van der Waals surface area contributed by atoms with Gasteiger partial charge in [0.2, 0.25) is 5.82 Å². The van der Waals surface area contributed by atoms with Gasteiger partial charge in [0.25, 0.3) is 0 Å². The minimum atomic E-state index is -1.18. The molecule has 1 N–H and O–H groups in total. The molecular formula is C13H14F2N4O2. The largest absolute Gasteiger partial charge is 0.379 e. The van der Waals surface area contributed by atoms with Crippen LogP contribution in [0, 0.1) is 21.7 Å². The van der Waals surface area contributed by atoms with Crippen LogP contribution >= 0.6 is 0 Å². The van der Waals surface area contributed by atoms with Crippen LogP contribution in [0.15, 0.2) is 30.9 Å². The number of imidazole rings is 1. The Morgan fingerprint density at radius 2 is 2.14 bits per heavy atom. The first kappa shape index (κ1) is 14.9. The summed E-state index contributed by atoms with van der Waals surface area (Å²) < 4.78 is 28.4. The number of halogens is 2. The predicted octanol–water partition coefficient (Wildman–Crippen LogP) is 2.96. The van der Waals surface area contributed by atoms with E-state index in [0.717, 1.165) is 19.0 Å². The van der Waals surface area contributed by atoms with Crippen LogP contribution in [0.3, 0.4) is 0 Å². The molecule has 0 unspecified atom stereocenters. The van der Waals surface area contributed by atoms with Crippen molar-refractivity contribution >= 4 is 11.4 Å². The minimum Gasteiger partial charge on any atom is -0.379 e. The van der Waals surface area contributed by atoms with Crippen molar-refractivity contribution in [3.63, 3.8) is 0 Å². The Bertz CT molecular complexity index is 617. The summed E-state index contributed by atoms with van der Waals surface area (Å²) in [4.78, 5) is 13.8. The Kier molecular flexibility index (Phi) is 4.81. The van der Waals surface area contributed by atoms with Gasteiger partial charge in [-0.05, 0) is 12.8 Å². The molecule has 0 aliphatic heterocycles. The van der Waals surface area contributed by atoms with Crippen molar-refractivity contribution in [2.75, 3.05) is 11.9 Å². The highest BCUT2D eigenvalue weighted by Gasteiger charge is 2.21. The average Bonchev–Trinajstić information content (AvgIpc) is 2.90. The maximum atomic E-state index is 13.4. The van der Waals surface area contributed by atoms with Gasteiger partial charge in [-0.15, -0.1) is 0 Å². The molecule has 0 saturated carbocycles. The number of nitrogens with zero attached hydrogens (tertiary/aromatic N) is 3. The van der Waals surface area contributed by atoms with Crippen molar-refractivity contribution in [3.8, 4) is 0 Å². The number of rotatable bonds is 7. The number of anilines is 1. The van der Waals surface area contributed by atoms with Crippen LogP contribution in [0.25, 0.3) is 0 Å². The van der Waals surface area contributed by atoms with Gasteiger partial charge in [-0.25, -0.2) is 9.37 Å². The molecule has 112 valence electrons. The van der Waals surface area contributed by atoms with Gasteiger partial charge in [-0.2, -0.15) is 4.39 Å². The summed E-state index contributed by atoms with van der Waals surface area (Å²) in [6.07, 6.45) is 6.72. The fourth-order valence-corrected chi connectivity index (χ4v) is 1.95. The van der Waals surface area contributed by atoms with E-state index in [9.17, 15) is 18.9 Å². The first-order valence-electron chi connectivity index (χ1n) is 6.41. The SMILES string of the molecule is O=[N+]([O-])c1c(F)cc(F)cc1NCCCCn1ccnc1. The molecule has 0 radical (unpaired) electrons. The molecule has 2 rings (SSSR count). The summed E-state index contributed by atoms with van der Waals surface area (Å²) in [5, 5.41) is 13.5. The number of unbranched alkanes of at least 4 members (excludes halogenated alkanes) is 1. The summed E-state index contributed by atoms with van der Waals surface area (Å²) >= 11 is 0. The Balaban J connectivity index is 1.89. The van der Waals surface area contributed by atoms with E-state index in [1.807, 2.05) is 10.8 Å². The van der Waals surface area contributed by atoms with Crippen LogP contribution in [-0.2, 0) is 6.54 Å². The lowest BCUT2D eigenvalue weighted by Crippen LogP contribution is -2.07. The monoisotopic (exact) mass is 296 g/mol. The van der Waals surface area contributed by atoms with Gasteiger partial charge in [-0.1, -0.05) is 0 Å². The second kappa shape index (κ2) is 6.78. The number of nitrogens with one attached hydrogen (secondary N) is 1. The average molecular weight is 296 g/mol. The van der Waals surface area contributed by atoms with Crippen LogP contribution in [0.2, 0.25) is 0 Å². The van der Waals surface area contributed by atoms with Gasteiger partial charge in [0, 0.05) is 37.6 Å². The second-order valence-electron chi connectivity index (χ2n) is 4.48. The smallest absolute Gasteiger partial charge is 0.327 e. The highest BCUT2D eigenvalue weighted by Crippen LogP contribution is 2.28. The van der Waals surface area contributed by atoms with Crippen LogP contribution in [0.4, 0.5) is 20.2 Å². The highest BCUT2D eigenvalue weighted by atomic mass is 19.1. The molecule has 0 bridgehead atoms. The van der Waals surface area contributed by atoms with E-state index in [4.69, 9.17) is 0 Å². The fraction of sp³-hybridized carbons (Fsp3) is 0.308. The standard InChI is InChI=1S/C13H14F2N4O2/c14-10-7-11(15)13(19(20)21)12(8-10)17-3-1-2-5-18-6-4-16-9-18/h4,6-9,17H,1-3,5H2. The van der Waals surface area contributed by atoms with Crippen LogP contribution in [0.1, 0.15) is 12.8 Å². The number of nitro benzene ring substituents is 1. The van der Waals surface area contributed by atoms with Crippen LogP contribution < -0.4 is 5.32 Å². The lowest BCUT2D eigenvalue weighted by molar-refractivity contribution is -0.386. The number of aromatic nitrogens is 2. The maximum Gasteiger partial charge on any atom is 0.327 e. The molecule has 0 fully saturated rings. The maximum absolute atomic E-state index is 13.4. The molecule has 21 heavy (non-hydrogen) atoms. The molecule has 1 heterocycles. The van der Waals surface area contributed by atoms with Gasteiger partial charge in [0.05, 0.1) is 11.3 Å². The number of hydrogen-bond donors (Lipinski definition) is 1. The fourth-order valence-electron chi connectivity index (χ4n) is 1.95. The molecule has 0 saturated heterocycles. The molecule has 1 aromatic heterocycles. The summed E-state index contributed by atoms with van der Waals surface area (Å²) in [6.45, 7) is 1.15. The summed E-state index contributed by atoms with van der Waals surface area (Å²) in [5.74, 6) is -2.03. The second-order valence-corrected chi connectivity index (χ2v) is 4.48. The molecule has 0 spiro atoms. The lowest BCUT2D eigenvalue weighted by Gasteiger charge is -2.08. The molecule has 2 aromatic rings. The number of aryl methyl sites for hydroxylation is 1. The Labute approximate surface area is 119 Å². The van der Waals surface area contributed by atoms with E-state index in [2.05, 4.69) is 10.3 Å². The molecule has 0 amide bonds.